The van der Waals surface area contributed by atoms with Crippen LogP contribution in [-0.4, -0.2) is 22.9 Å². The first-order valence-corrected chi connectivity index (χ1v) is 3.74. The Hall–Kier alpha value is -0.383. The van der Waals surface area contributed by atoms with E-state index >= 15 is 0 Å². The summed E-state index contributed by atoms with van der Waals surface area (Å²) in [4.78, 5) is 0. The first-order valence-electron chi connectivity index (χ1n) is 2.52. The maximum absolute atomic E-state index is 10.3. The van der Waals surface area contributed by atoms with Crippen molar-refractivity contribution < 1.29 is 13.3 Å². The number of rotatable bonds is 4. The molecular formula is C4H10O3Si. The van der Waals surface area contributed by atoms with Gasteiger partial charge in [0, 0.05) is 0 Å². The third-order valence-electron chi connectivity index (χ3n) is 0.591. The summed E-state index contributed by atoms with van der Waals surface area (Å²) >= 11 is 0. The second-order valence-electron chi connectivity index (χ2n) is 1.30. The van der Waals surface area contributed by atoms with Gasteiger partial charge in [0.05, 0.1) is 13.7 Å². The van der Waals surface area contributed by atoms with Crippen LogP contribution in [0.1, 0.15) is 13.3 Å². The van der Waals surface area contributed by atoms with Gasteiger partial charge in [-0.1, -0.05) is 6.92 Å². The molecule has 0 bridgehead atoms. The molecule has 0 aromatic heterocycles. The Kier molecular flexibility index (Phi) is 4.54. The topological polar surface area (TPSA) is 35.5 Å². The first-order chi connectivity index (χ1) is 3.81. The molecule has 0 heterocycles. The smallest absolute Gasteiger partial charge is 0.499 e. The average molecular weight is 134 g/mol. The van der Waals surface area contributed by atoms with Gasteiger partial charge in [-0.05, 0) is 6.42 Å². The third-order valence-corrected chi connectivity index (χ3v) is 1.36. The molecular weight excluding hydrogens is 124 g/mol. The second-order valence-corrected chi connectivity index (χ2v) is 2.50. The Bertz CT molecular complexity index is 73.7. The highest BCUT2D eigenvalue weighted by Crippen LogP contribution is 1.79. The van der Waals surface area contributed by atoms with Gasteiger partial charge in [-0.2, -0.15) is 0 Å². The molecule has 0 aliphatic carbocycles. The van der Waals surface area contributed by atoms with Gasteiger partial charge >= 0.3 is 9.17 Å². The summed E-state index contributed by atoms with van der Waals surface area (Å²) in [5, 5.41) is 0. The molecule has 0 aliphatic heterocycles. The molecule has 0 aromatic carbocycles. The van der Waals surface area contributed by atoms with E-state index < -0.39 is 9.17 Å². The summed E-state index contributed by atoms with van der Waals surface area (Å²) in [7, 11) is -0.770. The molecule has 4 heteroatoms. The minimum Gasteiger partial charge on any atom is -0.499 e. The summed E-state index contributed by atoms with van der Waals surface area (Å²) in [5.74, 6) is 0. The zero-order valence-electron chi connectivity index (χ0n) is 5.14. The fourth-order valence-corrected chi connectivity index (χ4v) is 0.733. The molecule has 0 N–H and O–H groups in total. The lowest BCUT2D eigenvalue weighted by Crippen LogP contribution is -2.09. The summed E-state index contributed by atoms with van der Waals surface area (Å²) in [6, 6.07) is 0. The molecule has 0 unspecified atom stereocenters. The molecule has 0 saturated carbocycles. The summed E-state index contributed by atoms with van der Waals surface area (Å²) in [6.07, 6.45) is 0.875. The van der Waals surface area contributed by atoms with Crippen LogP contribution in [0.15, 0.2) is 0 Å². The SMILES string of the molecule is CCCO[Si](=O)OC. The van der Waals surface area contributed by atoms with Crippen LogP contribution >= 0.6 is 0 Å². The van der Waals surface area contributed by atoms with Gasteiger partial charge < -0.3 is 8.85 Å². The van der Waals surface area contributed by atoms with E-state index in [2.05, 4.69) is 8.85 Å². The van der Waals surface area contributed by atoms with Gasteiger partial charge in [0.15, 0.2) is 0 Å². The van der Waals surface area contributed by atoms with Gasteiger partial charge in [0.1, 0.15) is 0 Å². The first kappa shape index (κ1) is 7.62. The van der Waals surface area contributed by atoms with E-state index in [4.69, 9.17) is 0 Å². The van der Waals surface area contributed by atoms with Crippen molar-refractivity contribution in [2.75, 3.05) is 13.7 Å². The van der Waals surface area contributed by atoms with Gasteiger partial charge in [-0.3, -0.25) is 4.46 Å². The Balaban J connectivity index is 2.99. The number of hydrogen-bond acceptors (Lipinski definition) is 3. The van der Waals surface area contributed by atoms with Crippen LogP contribution in [0.3, 0.4) is 0 Å². The van der Waals surface area contributed by atoms with Crippen LogP contribution in [0.5, 0.6) is 0 Å². The van der Waals surface area contributed by atoms with E-state index in [0.717, 1.165) is 6.42 Å². The fourth-order valence-electron chi connectivity index (χ4n) is 0.244. The van der Waals surface area contributed by atoms with Crippen molar-refractivity contribution in [1.82, 2.24) is 0 Å². The third kappa shape index (κ3) is 3.79. The van der Waals surface area contributed by atoms with Crippen LogP contribution in [0.2, 0.25) is 0 Å². The molecule has 3 nitrogen and oxygen atoms in total. The highest BCUT2D eigenvalue weighted by Gasteiger charge is 2.04. The van der Waals surface area contributed by atoms with Crippen LogP contribution in [-0.2, 0) is 13.3 Å². The summed E-state index contributed by atoms with van der Waals surface area (Å²) < 4.78 is 19.4. The highest BCUT2D eigenvalue weighted by atomic mass is 28.3. The van der Waals surface area contributed by atoms with Crippen molar-refractivity contribution in [3.8, 4) is 0 Å². The fraction of sp³-hybridized carbons (Fsp3) is 1.00. The van der Waals surface area contributed by atoms with Gasteiger partial charge in [0.25, 0.3) is 0 Å². The van der Waals surface area contributed by atoms with Gasteiger partial charge in [0.2, 0.25) is 0 Å². The molecule has 0 amide bonds. The van der Waals surface area contributed by atoms with E-state index in [9.17, 15) is 4.46 Å². The second kappa shape index (κ2) is 4.77. The molecule has 0 spiro atoms. The Morgan fingerprint density at radius 1 is 1.62 bits per heavy atom. The van der Waals surface area contributed by atoms with Crippen molar-refractivity contribution in [3.05, 3.63) is 0 Å². The molecule has 0 atom stereocenters. The quantitative estimate of drug-likeness (QED) is 0.524. The highest BCUT2D eigenvalue weighted by molar-refractivity contribution is 6.25. The predicted molar refractivity (Wildman–Crippen MR) is 29.7 cm³/mol. The molecule has 8 heavy (non-hydrogen) atoms. The van der Waals surface area contributed by atoms with Crippen LogP contribution < -0.4 is 0 Å². The van der Waals surface area contributed by atoms with Crippen molar-refractivity contribution in [2.45, 2.75) is 13.3 Å². The Labute approximate surface area is 50.5 Å². The minimum atomic E-state index is -2.14. The van der Waals surface area contributed by atoms with Gasteiger partial charge in [-0.15, -0.1) is 0 Å². The van der Waals surface area contributed by atoms with E-state index in [-0.39, 0.29) is 0 Å². The normalized spacial score (nSPS) is 8.25. The maximum Gasteiger partial charge on any atom is 0.767 e. The van der Waals surface area contributed by atoms with E-state index in [0.29, 0.717) is 6.61 Å². The number of hydrogen-bond donors (Lipinski definition) is 0. The summed E-state index contributed by atoms with van der Waals surface area (Å²) in [5.41, 5.74) is 0. The lowest BCUT2D eigenvalue weighted by Gasteiger charge is -1.96. The van der Waals surface area contributed by atoms with Crippen molar-refractivity contribution in [1.29, 1.82) is 0 Å². The van der Waals surface area contributed by atoms with Crippen molar-refractivity contribution in [3.63, 3.8) is 0 Å². The molecule has 48 valence electrons. The largest absolute Gasteiger partial charge is 0.767 e. The predicted octanol–water partition coefficient (Wildman–Crippen LogP) is 0.475. The van der Waals surface area contributed by atoms with Crippen LogP contribution in [0, 0.1) is 0 Å². The molecule has 0 aromatic rings. The molecule has 0 aliphatic rings. The Morgan fingerprint density at radius 3 is 2.62 bits per heavy atom. The van der Waals surface area contributed by atoms with E-state index in [1.165, 1.54) is 7.11 Å². The van der Waals surface area contributed by atoms with Crippen molar-refractivity contribution in [2.24, 2.45) is 0 Å². The standard InChI is InChI=1S/C4H10O3Si/c1-3-4-7-8(5)6-2/h3-4H2,1-2H3. The molecule has 0 saturated heterocycles. The lowest BCUT2D eigenvalue weighted by molar-refractivity contribution is 0.197. The molecule has 0 fully saturated rings. The van der Waals surface area contributed by atoms with E-state index in [1.807, 2.05) is 6.92 Å². The van der Waals surface area contributed by atoms with Crippen molar-refractivity contribution >= 4 is 9.17 Å². The average Bonchev–Trinajstić information content (AvgIpc) is 1.83. The molecule has 0 radical (unpaired) electrons. The van der Waals surface area contributed by atoms with E-state index in [1.54, 1.807) is 0 Å². The zero-order chi connectivity index (χ0) is 6.41. The summed E-state index contributed by atoms with van der Waals surface area (Å²) in [6.45, 7) is 2.47. The molecule has 0 rings (SSSR count). The zero-order valence-corrected chi connectivity index (χ0v) is 6.14. The maximum atomic E-state index is 10.3. The monoisotopic (exact) mass is 134 g/mol. The van der Waals surface area contributed by atoms with Crippen LogP contribution in [0.4, 0.5) is 0 Å². The lowest BCUT2D eigenvalue weighted by atomic mass is 10.5. The minimum absolute atomic E-state index is 0.519. The Morgan fingerprint density at radius 2 is 2.25 bits per heavy atom. The van der Waals surface area contributed by atoms with Crippen LogP contribution in [0.25, 0.3) is 0 Å². The van der Waals surface area contributed by atoms with Gasteiger partial charge in [-0.25, -0.2) is 0 Å².